The Morgan fingerprint density at radius 1 is 0.690 bits per heavy atom. The molecule has 0 aromatic heterocycles. The standard InChI is InChI=1S/C23H23N3O3/c1-16(2)29-21-14-12-19(13-15-21)24-22(27)17-8-10-20(11-9-17)26-23(28)25-18-6-4-3-5-7-18/h3-16H,1-2H3,(H,24,27)(H2,25,26,28). The molecule has 6 heteroatoms. The lowest BCUT2D eigenvalue weighted by molar-refractivity contribution is 0.102. The van der Waals surface area contributed by atoms with Gasteiger partial charge in [0, 0.05) is 22.6 Å². The molecule has 0 radical (unpaired) electrons. The monoisotopic (exact) mass is 389 g/mol. The number of carbonyl (C=O) groups excluding carboxylic acids is 2. The number of anilines is 3. The molecule has 0 saturated heterocycles. The van der Waals surface area contributed by atoms with E-state index in [-0.39, 0.29) is 18.0 Å². The number of nitrogens with one attached hydrogen (secondary N) is 3. The number of carbonyl (C=O) groups is 2. The van der Waals surface area contributed by atoms with Gasteiger partial charge in [-0.1, -0.05) is 18.2 Å². The molecule has 0 bridgehead atoms. The molecule has 0 fully saturated rings. The highest BCUT2D eigenvalue weighted by molar-refractivity contribution is 6.05. The van der Waals surface area contributed by atoms with Crippen LogP contribution in [0.25, 0.3) is 0 Å². The Balaban J connectivity index is 1.55. The molecule has 0 aliphatic rings. The Morgan fingerprint density at radius 3 is 1.79 bits per heavy atom. The van der Waals surface area contributed by atoms with Crippen LogP contribution >= 0.6 is 0 Å². The lowest BCUT2D eigenvalue weighted by Gasteiger charge is -2.11. The third kappa shape index (κ3) is 6.10. The average molecular weight is 389 g/mol. The Morgan fingerprint density at radius 2 is 1.21 bits per heavy atom. The van der Waals surface area contributed by atoms with Crippen molar-refractivity contribution in [2.45, 2.75) is 20.0 Å². The van der Waals surface area contributed by atoms with Crippen LogP contribution in [0.15, 0.2) is 78.9 Å². The summed E-state index contributed by atoms with van der Waals surface area (Å²) < 4.78 is 5.59. The zero-order valence-electron chi connectivity index (χ0n) is 16.3. The van der Waals surface area contributed by atoms with Crippen molar-refractivity contribution in [3.8, 4) is 5.75 Å². The second-order valence-corrected chi connectivity index (χ2v) is 6.67. The molecule has 3 N–H and O–H groups in total. The van der Waals surface area contributed by atoms with Gasteiger partial charge in [0.05, 0.1) is 6.10 Å². The van der Waals surface area contributed by atoms with Crippen LogP contribution in [0.1, 0.15) is 24.2 Å². The molecule has 148 valence electrons. The van der Waals surface area contributed by atoms with Crippen molar-refractivity contribution in [3.63, 3.8) is 0 Å². The normalized spacial score (nSPS) is 10.3. The summed E-state index contributed by atoms with van der Waals surface area (Å²) in [6.45, 7) is 3.92. The number of ether oxygens (including phenoxy) is 1. The maximum absolute atomic E-state index is 12.4. The quantitative estimate of drug-likeness (QED) is 0.530. The van der Waals surface area contributed by atoms with E-state index in [1.54, 1.807) is 48.5 Å². The Hall–Kier alpha value is -3.80. The minimum absolute atomic E-state index is 0.0948. The number of urea groups is 1. The van der Waals surface area contributed by atoms with E-state index < -0.39 is 0 Å². The molecule has 0 spiro atoms. The van der Waals surface area contributed by atoms with Gasteiger partial charge < -0.3 is 20.7 Å². The van der Waals surface area contributed by atoms with Gasteiger partial charge in [-0.05, 0) is 74.5 Å². The summed E-state index contributed by atoms with van der Waals surface area (Å²) in [7, 11) is 0. The van der Waals surface area contributed by atoms with Crippen LogP contribution in [0.5, 0.6) is 5.75 Å². The molecule has 6 nitrogen and oxygen atoms in total. The Labute approximate surface area is 169 Å². The molecular formula is C23H23N3O3. The molecule has 3 amide bonds. The summed E-state index contributed by atoms with van der Waals surface area (Å²) in [6.07, 6.45) is 0.0948. The van der Waals surface area contributed by atoms with Gasteiger partial charge in [-0.3, -0.25) is 4.79 Å². The van der Waals surface area contributed by atoms with E-state index in [1.165, 1.54) is 0 Å². The fraction of sp³-hybridized carbons (Fsp3) is 0.130. The van der Waals surface area contributed by atoms with Gasteiger partial charge in [0.25, 0.3) is 5.91 Å². The third-order valence-corrected chi connectivity index (χ3v) is 3.92. The number of hydrogen-bond acceptors (Lipinski definition) is 3. The molecule has 29 heavy (non-hydrogen) atoms. The maximum atomic E-state index is 12.4. The average Bonchev–Trinajstić information content (AvgIpc) is 2.70. The topological polar surface area (TPSA) is 79.5 Å². The van der Waals surface area contributed by atoms with E-state index in [0.29, 0.717) is 22.6 Å². The van der Waals surface area contributed by atoms with Crippen LogP contribution in [0.2, 0.25) is 0 Å². The van der Waals surface area contributed by atoms with E-state index in [2.05, 4.69) is 16.0 Å². The van der Waals surface area contributed by atoms with Crippen LogP contribution in [0, 0.1) is 0 Å². The highest BCUT2D eigenvalue weighted by atomic mass is 16.5. The van der Waals surface area contributed by atoms with Crippen molar-refractivity contribution in [1.29, 1.82) is 0 Å². The molecule has 0 atom stereocenters. The number of rotatable bonds is 6. The lowest BCUT2D eigenvalue weighted by Crippen LogP contribution is -2.19. The van der Waals surface area contributed by atoms with Crippen molar-refractivity contribution >= 4 is 29.0 Å². The summed E-state index contributed by atoms with van der Waals surface area (Å²) >= 11 is 0. The fourth-order valence-electron chi connectivity index (χ4n) is 2.61. The van der Waals surface area contributed by atoms with E-state index >= 15 is 0 Å². The summed E-state index contributed by atoms with van der Waals surface area (Å²) in [5.74, 6) is 0.519. The lowest BCUT2D eigenvalue weighted by atomic mass is 10.2. The highest BCUT2D eigenvalue weighted by Crippen LogP contribution is 2.18. The zero-order chi connectivity index (χ0) is 20.6. The summed E-state index contributed by atoms with van der Waals surface area (Å²) in [5, 5.41) is 8.31. The molecule has 3 aromatic carbocycles. The summed E-state index contributed by atoms with van der Waals surface area (Å²) in [4.78, 5) is 24.4. The van der Waals surface area contributed by atoms with E-state index in [4.69, 9.17) is 4.74 Å². The maximum Gasteiger partial charge on any atom is 0.323 e. The first-order valence-electron chi connectivity index (χ1n) is 9.31. The SMILES string of the molecule is CC(C)Oc1ccc(NC(=O)c2ccc(NC(=O)Nc3ccccc3)cc2)cc1. The van der Waals surface area contributed by atoms with Crippen LogP contribution < -0.4 is 20.7 Å². The van der Waals surface area contributed by atoms with Crippen LogP contribution in [0.4, 0.5) is 21.9 Å². The second-order valence-electron chi connectivity index (χ2n) is 6.67. The van der Waals surface area contributed by atoms with E-state index in [1.807, 2.05) is 44.2 Å². The molecule has 0 aliphatic heterocycles. The first kappa shape index (κ1) is 19.9. The molecule has 3 aromatic rings. The molecular weight excluding hydrogens is 366 g/mol. The first-order chi connectivity index (χ1) is 14.0. The molecule has 0 saturated carbocycles. The highest BCUT2D eigenvalue weighted by Gasteiger charge is 2.08. The van der Waals surface area contributed by atoms with E-state index in [9.17, 15) is 9.59 Å². The van der Waals surface area contributed by atoms with E-state index in [0.717, 1.165) is 5.75 Å². The predicted molar refractivity (Wildman–Crippen MR) is 116 cm³/mol. The van der Waals surface area contributed by atoms with Crippen LogP contribution in [0.3, 0.4) is 0 Å². The molecule has 0 aliphatic carbocycles. The van der Waals surface area contributed by atoms with Gasteiger partial charge in [-0.2, -0.15) is 0 Å². The largest absolute Gasteiger partial charge is 0.491 e. The van der Waals surface area contributed by atoms with Gasteiger partial charge in [0.1, 0.15) is 5.75 Å². The van der Waals surface area contributed by atoms with Gasteiger partial charge in [-0.15, -0.1) is 0 Å². The van der Waals surface area contributed by atoms with Crippen molar-refractivity contribution in [1.82, 2.24) is 0 Å². The number of para-hydroxylation sites is 1. The van der Waals surface area contributed by atoms with Crippen molar-refractivity contribution < 1.29 is 14.3 Å². The molecule has 3 rings (SSSR count). The number of hydrogen-bond donors (Lipinski definition) is 3. The fourth-order valence-corrected chi connectivity index (χ4v) is 2.61. The second kappa shape index (κ2) is 9.41. The van der Waals surface area contributed by atoms with Crippen molar-refractivity contribution in [3.05, 3.63) is 84.4 Å². The predicted octanol–water partition coefficient (Wildman–Crippen LogP) is 5.37. The van der Waals surface area contributed by atoms with Gasteiger partial charge in [0.2, 0.25) is 0 Å². The van der Waals surface area contributed by atoms with Gasteiger partial charge in [0.15, 0.2) is 0 Å². The van der Waals surface area contributed by atoms with Crippen molar-refractivity contribution in [2.24, 2.45) is 0 Å². The van der Waals surface area contributed by atoms with Crippen molar-refractivity contribution in [2.75, 3.05) is 16.0 Å². The first-order valence-corrected chi connectivity index (χ1v) is 9.31. The van der Waals surface area contributed by atoms with Crippen LogP contribution in [-0.4, -0.2) is 18.0 Å². The Kier molecular flexibility index (Phi) is 6.47. The summed E-state index contributed by atoms with van der Waals surface area (Å²) in [6, 6.07) is 22.7. The summed E-state index contributed by atoms with van der Waals surface area (Å²) in [5.41, 5.74) is 2.45. The minimum Gasteiger partial charge on any atom is -0.491 e. The van der Waals surface area contributed by atoms with Crippen LogP contribution in [-0.2, 0) is 0 Å². The van der Waals surface area contributed by atoms with Gasteiger partial charge >= 0.3 is 6.03 Å². The third-order valence-electron chi connectivity index (χ3n) is 3.92. The van der Waals surface area contributed by atoms with Gasteiger partial charge in [-0.25, -0.2) is 4.79 Å². The molecule has 0 unspecified atom stereocenters. The zero-order valence-corrected chi connectivity index (χ0v) is 16.3. The molecule has 0 heterocycles. The smallest absolute Gasteiger partial charge is 0.323 e. The number of amides is 3. The number of benzene rings is 3. The minimum atomic E-state index is -0.350. The Bertz CT molecular complexity index is 953.